The van der Waals surface area contributed by atoms with E-state index in [4.69, 9.17) is 0 Å². The van der Waals surface area contributed by atoms with Crippen LogP contribution in [0.1, 0.15) is 16.7 Å². The third-order valence-corrected chi connectivity index (χ3v) is 2.36. The quantitative estimate of drug-likeness (QED) is 0.734. The van der Waals surface area contributed by atoms with Crippen LogP contribution in [-0.4, -0.2) is 4.98 Å². The molecule has 1 radical (unpaired) electrons. The number of nitrogens with zero attached hydrogens (tertiary/aromatic N) is 1. The van der Waals surface area contributed by atoms with Gasteiger partial charge in [0.25, 0.3) is 0 Å². The van der Waals surface area contributed by atoms with Crippen molar-refractivity contribution in [3.05, 3.63) is 71.9 Å². The molecule has 0 fully saturated rings. The summed E-state index contributed by atoms with van der Waals surface area (Å²) in [6.07, 6.45) is 6.87. The summed E-state index contributed by atoms with van der Waals surface area (Å²) in [6.45, 7) is 2.11. The minimum Gasteiger partial charge on any atom is -0.265 e. The molecule has 1 heterocycles. The van der Waals surface area contributed by atoms with E-state index in [-0.39, 0.29) is 0 Å². The molecule has 1 nitrogen and oxygen atoms in total. The van der Waals surface area contributed by atoms with Crippen molar-refractivity contribution in [1.29, 1.82) is 0 Å². The minimum absolute atomic E-state index is 0.964. The standard InChI is InChI=1S/C14H14N/c1-12-3-2-4-14(11-12)6-5-13-7-9-15-10-8-13/h2-4,6-11H,5H2,1H3. The number of aryl methyl sites for hydroxylation is 1. The molecule has 0 atom stereocenters. The van der Waals surface area contributed by atoms with Crippen molar-refractivity contribution < 1.29 is 0 Å². The average Bonchev–Trinajstić information content (AvgIpc) is 2.28. The molecule has 0 aliphatic carbocycles. The van der Waals surface area contributed by atoms with Crippen molar-refractivity contribution in [1.82, 2.24) is 4.98 Å². The van der Waals surface area contributed by atoms with Crippen LogP contribution < -0.4 is 0 Å². The van der Waals surface area contributed by atoms with E-state index in [1.165, 1.54) is 16.7 Å². The summed E-state index contributed by atoms with van der Waals surface area (Å²) in [4.78, 5) is 4.00. The monoisotopic (exact) mass is 196 g/mol. The van der Waals surface area contributed by atoms with Crippen molar-refractivity contribution >= 4 is 0 Å². The first-order valence-electron chi connectivity index (χ1n) is 5.13. The molecule has 0 bridgehead atoms. The molecule has 1 aromatic heterocycles. The van der Waals surface area contributed by atoms with Gasteiger partial charge in [-0.1, -0.05) is 29.8 Å². The third-order valence-electron chi connectivity index (χ3n) is 2.36. The maximum absolute atomic E-state index is 4.00. The molecule has 0 saturated heterocycles. The van der Waals surface area contributed by atoms with Crippen LogP contribution in [0.2, 0.25) is 0 Å². The summed E-state index contributed by atoms with van der Waals surface area (Å²) < 4.78 is 0. The SMILES string of the molecule is Cc1cccc([CH]Cc2ccncc2)c1. The Kier molecular flexibility index (Phi) is 3.13. The molecule has 2 aromatic rings. The van der Waals surface area contributed by atoms with Gasteiger partial charge in [0, 0.05) is 12.4 Å². The fourth-order valence-electron chi connectivity index (χ4n) is 1.55. The van der Waals surface area contributed by atoms with Crippen LogP contribution >= 0.6 is 0 Å². The second kappa shape index (κ2) is 4.74. The Morgan fingerprint density at radius 1 is 1.13 bits per heavy atom. The van der Waals surface area contributed by atoms with Gasteiger partial charge in [0.05, 0.1) is 0 Å². The van der Waals surface area contributed by atoms with Crippen molar-refractivity contribution in [3.8, 4) is 0 Å². The lowest BCUT2D eigenvalue weighted by Gasteiger charge is -2.02. The topological polar surface area (TPSA) is 12.9 Å². The van der Waals surface area contributed by atoms with Crippen LogP contribution in [0, 0.1) is 13.3 Å². The molecule has 75 valence electrons. The molecular formula is C14H14N. The lowest BCUT2D eigenvalue weighted by atomic mass is 10.0. The Morgan fingerprint density at radius 2 is 1.93 bits per heavy atom. The Morgan fingerprint density at radius 3 is 2.67 bits per heavy atom. The van der Waals surface area contributed by atoms with Crippen LogP contribution in [0.3, 0.4) is 0 Å². The highest BCUT2D eigenvalue weighted by atomic mass is 14.6. The Hall–Kier alpha value is -1.63. The number of rotatable bonds is 3. The number of pyridine rings is 1. The molecule has 1 aromatic carbocycles. The fraction of sp³-hybridized carbons (Fsp3) is 0.143. The van der Waals surface area contributed by atoms with Crippen LogP contribution in [0.25, 0.3) is 0 Å². The summed E-state index contributed by atoms with van der Waals surface area (Å²) in [5, 5.41) is 0. The molecular weight excluding hydrogens is 182 g/mol. The van der Waals surface area contributed by atoms with Gasteiger partial charge in [-0.3, -0.25) is 4.98 Å². The van der Waals surface area contributed by atoms with E-state index in [0.717, 1.165) is 6.42 Å². The molecule has 0 spiro atoms. The van der Waals surface area contributed by atoms with Gasteiger partial charge >= 0.3 is 0 Å². The number of hydrogen-bond acceptors (Lipinski definition) is 1. The summed E-state index contributed by atoms with van der Waals surface area (Å²) in [5.41, 5.74) is 3.89. The highest BCUT2D eigenvalue weighted by Crippen LogP contribution is 2.10. The summed E-state index contributed by atoms with van der Waals surface area (Å²) >= 11 is 0. The normalized spacial score (nSPS) is 10.2. The molecule has 15 heavy (non-hydrogen) atoms. The first-order valence-corrected chi connectivity index (χ1v) is 5.13. The van der Waals surface area contributed by atoms with E-state index in [1.54, 1.807) is 0 Å². The minimum atomic E-state index is 0.964. The van der Waals surface area contributed by atoms with Gasteiger partial charge in [0.1, 0.15) is 0 Å². The zero-order valence-corrected chi connectivity index (χ0v) is 8.85. The molecule has 1 heteroatoms. The lowest BCUT2D eigenvalue weighted by molar-refractivity contribution is 1.14. The highest BCUT2D eigenvalue weighted by Gasteiger charge is 1.95. The summed E-state index contributed by atoms with van der Waals surface area (Å²) in [6, 6.07) is 12.6. The van der Waals surface area contributed by atoms with Gasteiger partial charge in [-0.05, 0) is 43.0 Å². The summed E-state index contributed by atoms with van der Waals surface area (Å²) in [7, 11) is 0. The van der Waals surface area contributed by atoms with E-state index in [2.05, 4.69) is 42.6 Å². The molecule has 0 aliphatic rings. The predicted molar refractivity (Wildman–Crippen MR) is 62.5 cm³/mol. The van der Waals surface area contributed by atoms with Crippen molar-refractivity contribution in [3.63, 3.8) is 0 Å². The molecule has 0 unspecified atom stereocenters. The first kappa shape index (κ1) is 9.91. The van der Waals surface area contributed by atoms with E-state index in [1.807, 2.05) is 24.5 Å². The van der Waals surface area contributed by atoms with Gasteiger partial charge < -0.3 is 0 Å². The zero-order chi connectivity index (χ0) is 10.5. The number of hydrogen-bond donors (Lipinski definition) is 0. The van der Waals surface area contributed by atoms with Gasteiger partial charge in [0.15, 0.2) is 0 Å². The van der Waals surface area contributed by atoms with Crippen molar-refractivity contribution in [2.24, 2.45) is 0 Å². The molecule has 0 saturated carbocycles. The van der Waals surface area contributed by atoms with E-state index in [9.17, 15) is 0 Å². The fourth-order valence-corrected chi connectivity index (χ4v) is 1.55. The first-order chi connectivity index (χ1) is 7.34. The Balaban J connectivity index is 1.99. The molecule has 2 rings (SSSR count). The van der Waals surface area contributed by atoms with E-state index >= 15 is 0 Å². The molecule has 0 N–H and O–H groups in total. The van der Waals surface area contributed by atoms with Crippen molar-refractivity contribution in [2.45, 2.75) is 13.3 Å². The highest BCUT2D eigenvalue weighted by molar-refractivity contribution is 5.29. The van der Waals surface area contributed by atoms with Crippen LogP contribution in [-0.2, 0) is 6.42 Å². The summed E-state index contributed by atoms with van der Waals surface area (Å²) in [5.74, 6) is 0. The van der Waals surface area contributed by atoms with Gasteiger partial charge in [-0.15, -0.1) is 0 Å². The van der Waals surface area contributed by atoms with Crippen molar-refractivity contribution in [2.75, 3.05) is 0 Å². The second-order valence-corrected chi connectivity index (χ2v) is 3.68. The third kappa shape index (κ3) is 2.91. The van der Waals surface area contributed by atoms with E-state index in [0.29, 0.717) is 0 Å². The molecule has 0 aliphatic heterocycles. The van der Waals surface area contributed by atoms with Crippen LogP contribution in [0.4, 0.5) is 0 Å². The molecule has 0 amide bonds. The second-order valence-electron chi connectivity index (χ2n) is 3.68. The maximum Gasteiger partial charge on any atom is 0.0270 e. The van der Waals surface area contributed by atoms with E-state index < -0.39 is 0 Å². The van der Waals surface area contributed by atoms with Crippen LogP contribution in [0.15, 0.2) is 48.8 Å². The van der Waals surface area contributed by atoms with Gasteiger partial charge in [-0.2, -0.15) is 0 Å². The largest absolute Gasteiger partial charge is 0.265 e. The number of benzene rings is 1. The Bertz CT molecular complexity index is 420. The van der Waals surface area contributed by atoms with Gasteiger partial charge in [-0.25, -0.2) is 0 Å². The average molecular weight is 196 g/mol. The van der Waals surface area contributed by atoms with Gasteiger partial charge in [0.2, 0.25) is 0 Å². The smallest absolute Gasteiger partial charge is 0.0270 e. The Labute approximate surface area is 90.8 Å². The van der Waals surface area contributed by atoms with Crippen LogP contribution in [0.5, 0.6) is 0 Å². The predicted octanol–water partition coefficient (Wildman–Crippen LogP) is 3.19. The zero-order valence-electron chi connectivity index (χ0n) is 8.85. The lowest BCUT2D eigenvalue weighted by Crippen LogP contribution is -1.89. The number of aromatic nitrogens is 1. The maximum atomic E-state index is 4.00.